The van der Waals surface area contributed by atoms with Crippen LogP contribution in [0.3, 0.4) is 0 Å². The first-order valence-electron chi connectivity index (χ1n) is 3.76. The number of hydrogen-bond donors (Lipinski definition) is 5. The molecule has 1 fully saturated rings. The van der Waals surface area contributed by atoms with Crippen LogP contribution in [0.5, 0.6) is 0 Å². The van der Waals surface area contributed by atoms with Crippen LogP contribution in [0.15, 0.2) is 0 Å². The van der Waals surface area contributed by atoms with E-state index in [-0.39, 0.29) is 24.9 Å². The molecule has 1 aliphatic rings. The standard InChI is InChI=1S/C6H14N2O3S/c7-3(2-12)5-6(11-5)8-1-4(9)10/h3-6,8-10,12H,1-2,7H2. The number of nitrogens with two attached hydrogens (primary N) is 1. The maximum Gasteiger partial charge on any atom is 0.164 e. The van der Waals surface area contributed by atoms with Gasteiger partial charge in [0.2, 0.25) is 0 Å². The van der Waals surface area contributed by atoms with E-state index in [0.717, 1.165) is 0 Å². The number of nitrogens with one attached hydrogen (secondary N) is 1. The van der Waals surface area contributed by atoms with Crippen molar-refractivity contribution in [1.29, 1.82) is 0 Å². The maximum atomic E-state index is 8.50. The van der Waals surface area contributed by atoms with Gasteiger partial charge >= 0.3 is 0 Å². The first-order valence-corrected chi connectivity index (χ1v) is 4.40. The molecule has 0 aromatic carbocycles. The summed E-state index contributed by atoms with van der Waals surface area (Å²) in [5, 5.41) is 19.8. The molecule has 0 saturated carbocycles. The molecule has 1 saturated heterocycles. The Hall–Kier alpha value is 0.150. The second kappa shape index (κ2) is 4.40. The molecule has 5 nitrogen and oxygen atoms in total. The van der Waals surface area contributed by atoms with Crippen molar-refractivity contribution in [2.24, 2.45) is 5.73 Å². The smallest absolute Gasteiger partial charge is 0.164 e. The van der Waals surface area contributed by atoms with Crippen molar-refractivity contribution in [1.82, 2.24) is 5.32 Å². The summed E-state index contributed by atoms with van der Waals surface area (Å²) in [6.07, 6.45) is -1.53. The third-order valence-electron chi connectivity index (χ3n) is 1.66. The minimum atomic E-state index is -1.35. The van der Waals surface area contributed by atoms with E-state index in [4.69, 9.17) is 20.7 Å². The zero-order chi connectivity index (χ0) is 9.14. The van der Waals surface area contributed by atoms with Gasteiger partial charge in [0.1, 0.15) is 12.3 Å². The minimum Gasteiger partial charge on any atom is -0.367 e. The van der Waals surface area contributed by atoms with E-state index in [0.29, 0.717) is 5.75 Å². The Morgan fingerprint density at radius 1 is 1.58 bits per heavy atom. The number of ether oxygens (including phenoxy) is 1. The van der Waals surface area contributed by atoms with E-state index in [2.05, 4.69) is 17.9 Å². The molecule has 0 radical (unpaired) electrons. The molecule has 0 aromatic rings. The largest absolute Gasteiger partial charge is 0.367 e. The zero-order valence-corrected chi connectivity index (χ0v) is 7.45. The third-order valence-corrected chi connectivity index (χ3v) is 2.08. The molecule has 72 valence electrons. The van der Waals surface area contributed by atoms with Crippen LogP contribution in [0.1, 0.15) is 0 Å². The lowest BCUT2D eigenvalue weighted by atomic mass is 10.2. The van der Waals surface area contributed by atoms with E-state index in [1.54, 1.807) is 0 Å². The Morgan fingerprint density at radius 3 is 2.75 bits per heavy atom. The molecular formula is C6H14N2O3S. The summed E-state index contributed by atoms with van der Waals surface area (Å²) in [4.78, 5) is 0. The number of aliphatic hydroxyl groups is 2. The van der Waals surface area contributed by atoms with Gasteiger partial charge in [-0.25, -0.2) is 0 Å². The Balaban J connectivity index is 2.08. The summed E-state index contributed by atoms with van der Waals surface area (Å²) in [7, 11) is 0. The molecular weight excluding hydrogens is 180 g/mol. The quantitative estimate of drug-likeness (QED) is 0.196. The van der Waals surface area contributed by atoms with Crippen LogP contribution in [-0.4, -0.2) is 47.2 Å². The van der Waals surface area contributed by atoms with Gasteiger partial charge in [0.15, 0.2) is 6.29 Å². The summed E-state index contributed by atoms with van der Waals surface area (Å²) in [6.45, 7) is 0.0977. The van der Waals surface area contributed by atoms with Gasteiger partial charge in [-0.2, -0.15) is 12.6 Å². The maximum absolute atomic E-state index is 8.50. The topological polar surface area (TPSA) is 91.0 Å². The van der Waals surface area contributed by atoms with Gasteiger partial charge < -0.3 is 20.7 Å². The minimum absolute atomic E-state index is 0.0405. The zero-order valence-electron chi connectivity index (χ0n) is 6.55. The molecule has 0 bridgehead atoms. The summed E-state index contributed by atoms with van der Waals surface area (Å²) >= 11 is 4.01. The van der Waals surface area contributed by atoms with E-state index in [1.807, 2.05) is 0 Å². The Bertz CT molecular complexity index is 147. The van der Waals surface area contributed by atoms with Gasteiger partial charge in [0.05, 0.1) is 0 Å². The van der Waals surface area contributed by atoms with E-state index < -0.39 is 6.29 Å². The number of thiol groups is 1. The van der Waals surface area contributed by atoms with E-state index in [9.17, 15) is 0 Å². The van der Waals surface area contributed by atoms with Crippen molar-refractivity contribution in [2.75, 3.05) is 12.3 Å². The number of aliphatic hydroxyl groups excluding tert-OH is 1. The lowest BCUT2D eigenvalue weighted by Gasteiger charge is -2.04. The van der Waals surface area contributed by atoms with Crippen LogP contribution < -0.4 is 11.1 Å². The summed E-state index contributed by atoms with van der Waals surface area (Å²) in [6, 6.07) is -0.0957. The predicted molar refractivity (Wildman–Crippen MR) is 46.7 cm³/mol. The Morgan fingerprint density at radius 2 is 2.25 bits per heavy atom. The molecule has 12 heavy (non-hydrogen) atoms. The molecule has 3 atom stereocenters. The first kappa shape index (κ1) is 10.2. The van der Waals surface area contributed by atoms with Crippen LogP contribution in [-0.2, 0) is 4.74 Å². The molecule has 5 N–H and O–H groups in total. The van der Waals surface area contributed by atoms with Gasteiger partial charge in [0, 0.05) is 18.3 Å². The van der Waals surface area contributed by atoms with E-state index >= 15 is 0 Å². The highest BCUT2D eigenvalue weighted by Gasteiger charge is 2.42. The monoisotopic (exact) mass is 194 g/mol. The van der Waals surface area contributed by atoms with Crippen LogP contribution in [0.4, 0.5) is 0 Å². The highest BCUT2D eigenvalue weighted by molar-refractivity contribution is 7.80. The van der Waals surface area contributed by atoms with Gasteiger partial charge in [0.25, 0.3) is 0 Å². The summed E-state index contributed by atoms with van der Waals surface area (Å²) < 4.78 is 5.11. The predicted octanol–water partition coefficient (Wildman–Crippen LogP) is -2.13. The molecule has 0 aromatic heterocycles. The van der Waals surface area contributed by atoms with Gasteiger partial charge in [-0.3, -0.25) is 5.32 Å². The van der Waals surface area contributed by atoms with Crippen LogP contribution in [0.2, 0.25) is 0 Å². The van der Waals surface area contributed by atoms with Crippen molar-refractivity contribution in [3.05, 3.63) is 0 Å². The van der Waals surface area contributed by atoms with Crippen molar-refractivity contribution in [2.45, 2.75) is 24.7 Å². The van der Waals surface area contributed by atoms with Gasteiger partial charge in [-0.1, -0.05) is 0 Å². The second-order valence-corrected chi connectivity index (χ2v) is 3.12. The highest BCUT2D eigenvalue weighted by Crippen LogP contribution is 2.22. The molecule has 3 unspecified atom stereocenters. The molecule has 0 amide bonds. The van der Waals surface area contributed by atoms with Gasteiger partial charge in [-0.05, 0) is 0 Å². The van der Waals surface area contributed by atoms with Crippen molar-refractivity contribution >= 4 is 12.6 Å². The van der Waals surface area contributed by atoms with Crippen LogP contribution >= 0.6 is 12.6 Å². The van der Waals surface area contributed by atoms with Crippen LogP contribution in [0.25, 0.3) is 0 Å². The first-order chi connectivity index (χ1) is 5.65. The molecule has 0 aliphatic carbocycles. The molecule has 1 heterocycles. The fourth-order valence-electron chi connectivity index (χ4n) is 0.939. The lowest BCUT2D eigenvalue weighted by Crippen LogP contribution is -2.36. The summed E-state index contributed by atoms with van der Waals surface area (Å²) in [5.74, 6) is 0.560. The molecule has 1 aliphatic heterocycles. The SMILES string of the molecule is NC(CS)C1OC1NCC(O)O. The molecule has 1 rings (SSSR count). The fourth-order valence-corrected chi connectivity index (χ4v) is 1.15. The third kappa shape index (κ3) is 2.89. The van der Waals surface area contributed by atoms with Crippen molar-refractivity contribution in [3.63, 3.8) is 0 Å². The Labute approximate surface area is 76.3 Å². The molecule has 0 spiro atoms. The number of epoxide rings is 1. The van der Waals surface area contributed by atoms with Crippen molar-refractivity contribution in [3.8, 4) is 0 Å². The van der Waals surface area contributed by atoms with Gasteiger partial charge in [-0.15, -0.1) is 0 Å². The number of rotatable bonds is 5. The second-order valence-electron chi connectivity index (χ2n) is 2.76. The molecule has 6 heteroatoms. The van der Waals surface area contributed by atoms with Crippen LogP contribution in [0, 0.1) is 0 Å². The van der Waals surface area contributed by atoms with E-state index in [1.165, 1.54) is 0 Å². The Kier molecular flexibility index (Phi) is 3.76. The summed E-state index contributed by atoms with van der Waals surface area (Å²) in [5.41, 5.74) is 5.61. The van der Waals surface area contributed by atoms with Crippen molar-refractivity contribution < 1.29 is 14.9 Å². The lowest BCUT2D eigenvalue weighted by molar-refractivity contribution is -0.0388. The fraction of sp³-hybridized carbons (Fsp3) is 1.00. The average Bonchev–Trinajstić information content (AvgIpc) is 2.78. The normalized spacial score (nSPS) is 30.8. The average molecular weight is 194 g/mol. The highest BCUT2D eigenvalue weighted by atomic mass is 32.1. The number of hydrogen-bond acceptors (Lipinski definition) is 6.